The van der Waals surface area contributed by atoms with Crippen molar-refractivity contribution < 1.29 is 44.3 Å². The molecule has 11 heteroatoms. The number of fused-ring (bicyclic) bond motifs is 2. The van der Waals surface area contributed by atoms with E-state index in [2.05, 4.69) is 29.9 Å². The van der Waals surface area contributed by atoms with Crippen LogP contribution in [0, 0.1) is 13.8 Å². The number of H-pyrrole nitrogens is 2. The Balaban J connectivity index is 0.000000267. The van der Waals surface area contributed by atoms with E-state index in [9.17, 15) is 0 Å². The number of hydrogen-bond donors (Lipinski definition) is 2. The van der Waals surface area contributed by atoms with E-state index in [1.165, 1.54) is 11.1 Å². The summed E-state index contributed by atoms with van der Waals surface area (Å²) in [6, 6.07) is 31.5. The molecular formula is C30H24Cl2N6S2Zn-2. The molecule has 0 unspecified atom stereocenters. The van der Waals surface area contributed by atoms with E-state index in [0.29, 0.717) is 21.7 Å². The molecule has 0 saturated heterocycles. The number of hydrogen-bond acceptors (Lipinski definition) is 6. The van der Waals surface area contributed by atoms with Crippen molar-refractivity contribution in [1.29, 1.82) is 0 Å². The molecule has 0 aliphatic heterocycles. The Morgan fingerprint density at radius 2 is 0.902 bits per heavy atom. The summed E-state index contributed by atoms with van der Waals surface area (Å²) in [7, 11) is 0. The van der Waals surface area contributed by atoms with E-state index in [1.807, 2.05) is 111 Å². The zero-order chi connectivity index (χ0) is 26.5. The predicted molar refractivity (Wildman–Crippen MR) is 162 cm³/mol. The molecule has 2 heterocycles. The van der Waals surface area contributed by atoms with Crippen molar-refractivity contribution in [1.82, 2.24) is 19.9 Å². The standard InChI is InChI=1S/2C15H13N3S.2ClH.Zn/c2*1-10-6-8-11(9-7-10)16-15(19)14-17-12-4-2-3-5-13(12)18-14;;;/h2*2-9H,1H3,(H,16,19)(H,17,18);2*1H;/q;;;;+2/p-4. The monoisotopic (exact) mass is 666 g/mol. The van der Waals surface area contributed by atoms with Crippen LogP contribution in [0.1, 0.15) is 22.8 Å². The SMILES string of the molecule is Cc1ccc(N=C([S-])c2nc3ccccc3[nH]2)cc1.Cc1ccc(N=C([S-])c2nc3ccccc3[nH]2)cc1.[Cl-].[Cl-].[Zn+2]. The first-order valence-corrected chi connectivity index (χ1v) is 12.8. The van der Waals surface area contributed by atoms with Gasteiger partial charge in [0.05, 0.1) is 33.4 Å². The summed E-state index contributed by atoms with van der Waals surface area (Å²) in [5.41, 5.74) is 7.84. The molecule has 6 rings (SSSR count). The molecular weight excluding hydrogens is 645 g/mol. The Morgan fingerprint density at radius 3 is 1.24 bits per heavy atom. The molecule has 0 atom stereocenters. The quantitative estimate of drug-likeness (QED) is 0.127. The zero-order valence-electron chi connectivity index (χ0n) is 22.3. The van der Waals surface area contributed by atoms with Crippen molar-refractivity contribution >= 4 is 68.8 Å². The average molecular weight is 669 g/mol. The second kappa shape index (κ2) is 15.7. The van der Waals surface area contributed by atoms with E-state index >= 15 is 0 Å². The molecule has 0 radical (unpaired) electrons. The molecule has 0 spiro atoms. The minimum absolute atomic E-state index is 0. The van der Waals surface area contributed by atoms with Crippen LogP contribution in [0.15, 0.2) is 107 Å². The molecule has 0 bridgehead atoms. The van der Waals surface area contributed by atoms with E-state index in [0.717, 1.165) is 33.4 Å². The Kier molecular flexibility index (Phi) is 13.0. The van der Waals surface area contributed by atoms with Gasteiger partial charge in [-0.15, -0.1) is 0 Å². The fourth-order valence-corrected chi connectivity index (χ4v) is 4.09. The van der Waals surface area contributed by atoms with Gasteiger partial charge in [-0.2, -0.15) is 0 Å². The Hall–Kier alpha value is -3.20. The molecule has 4 aromatic carbocycles. The summed E-state index contributed by atoms with van der Waals surface area (Å²) >= 11 is 10.6. The first-order chi connectivity index (χ1) is 18.4. The van der Waals surface area contributed by atoms with Crippen LogP contribution >= 0.6 is 0 Å². The van der Waals surface area contributed by atoms with Gasteiger partial charge in [0.2, 0.25) is 0 Å². The molecule has 2 aromatic heterocycles. The van der Waals surface area contributed by atoms with Gasteiger partial charge in [-0.1, -0.05) is 59.7 Å². The molecule has 6 nitrogen and oxygen atoms in total. The summed E-state index contributed by atoms with van der Waals surface area (Å²) in [5.74, 6) is 1.27. The maximum Gasteiger partial charge on any atom is 2.00 e. The number of aliphatic imine (C=N–C) groups is 2. The topological polar surface area (TPSA) is 82.1 Å². The van der Waals surface area contributed by atoms with Gasteiger partial charge in [-0.25, -0.2) is 9.97 Å². The molecule has 0 saturated carbocycles. The smallest absolute Gasteiger partial charge is 1.00 e. The Morgan fingerprint density at radius 1 is 0.561 bits per heavy atom. The molecule has 204 valence electrons. The van der Waals surface area contributed by atoms with Crippen LogP contribution in [-0.2, 0) is 44.7 Å². The second-order valence-corrected chi connectivity index (χ2v) is 9.48. The van der Waals surface area contributed by atoms with Crippen LogP contribution in [0.2, 0.25) is 0 Å². The molecule has 41 heavy (non-hydrogen) atoms. The van der Waals surface area contributed by atoms with Crippen molar-refractivity contribution in [2.75, 3.05) is 0 Å². The summed E-state index contributed by atoms with van der Waals surface area (Å²) in [6.45, 7) is 4.09. The molecule has 0 fully saturated rings. The summed E-state index contributed by atoms with van der Waals surface area (Å²) in [6.07, 6.45) is 0. The zero-order valence-corrected chi connectivity index (χ0v) is 28.4. The van der Waals surface area contributed by atoms with Gasteiger partial charge in [0.25, 0.3) is 0 Å². The number of halogens is 2. The maximum absolute atomic E-state index is 5.32. The molecule has 0 aliphatic carbocycles. The number of nitrogens with zero attached hydrogens (tertiary/aromatic N) is 4. The number of imidazole rings is 2. The fourth-order valence-electron chi connectivity index (χ4n) is 3.69. The van der Waals surface area contributed by atoms with Gasteiger partial charge >= 0.3 is 19.5 Å². The third kappa shape index (κ3) is 8.89. The number of benzene rings is 4. The number of aromatic amines is 2. The van der Waals surface area contributed by atoms with Crippen LogP contribution in [0.25, 0.3) is 22.1 Å². The number of rotatable bonds is 4. The minimum atomic E-state index is 0. The van der Waals surface area contributed by atoms with Crippen molar-refractivity contribution in [3.05, 3.63) is 120 Å². The van der Waals surface area contributed by atoms with Crippen LogP contribution in [0.3, 0.4) is 0 Å². The number of nitrogens with one attached hydrogen (secondary N) is 2. The Labute approximate surface area is 275 Å². The first-order valence-electron chi connectivity index (χ1n) is 12.0. The summed E-state index contributed by atoms with van der Waals surface area (Å²) in [5, 5.41) is 0.945. The van der Waals surface area contributed by atoms with Crippen LogP contribution in [0.5, 0.6) is 0 Å². The van der Waals surface area contributed by atoms with Gasteiger partial charge in [0.15, 0.2) is 0 Å². The summed E-state index contributed by atoms with van der Waals surface area (Å²) < 4.78 is 0. The van der Waals surface area contributed by atoms with E-state index < -0.39 is 0 Å². The predicted octanol–water partition coefficient (Wildman–Crippen LogP) is 0.999. The third-order valence-corrected chi connectivity index (χ3v) is 6.28. The largest absolute Gasteiger partial charge is 2.00 e. The van der Waals surface area contributed by atoms with Crippen molar-refractivity contribution in [2.45, 2.75) is 13.8 Å². The number of para-hydroxylation sites is 4. The minimum Gasteiger partial charge on any atom is -1.00 e. The van der Waals surface area contributed by atoms with Gasteiger partial charge < -0.3 is 60.0 Å². The van der Waals surface area contributed by atoms with E-state index in [4.69, 9.17) is 25.3 Å². The molecule has 6 aromatic rings. The van der Waals surface area contributed by atoms with Crippen LogP contribution in [-0.4, -0.2) is 30.0 Å². The van der Waals surface area contributed by atoms with Gasteiger partial charge in [0.1, 0.15) is 11.6 Å². The van der Waals surface area contributed by atoms with Gasteiger partial charge in [-0.3, -0.25) is 9.98 Å². The van der Waals surface area contributed by atoms with Crippen LogP contribution < -0.4 is 24.8 Å². The van der Waals surface area contributed by atoms with Crippen molar-refractivity contribution in [3.63, 3.8) is 0 Å². The average Bonchev–Trinajstić information content (AvgIpc) is 3.56. The van der Waals surface area contributed by atoms with E-state index in [1.54, 1.807) is 0 Å². The van der Waals surface area contributed by atoms with Crippen molar-refractivity contribution in [2.24, 2.45) is 9.98 Å². The Bertz CT molecular complexity index is 1570. The van der Waals surface area contributed by atoms with Crippen molar-refractivity contribution in [3.8, 4) is 0 Å². The molecule has 0 amide bonds. The van der Waals surface area contributed by atoms with Gasteiger partial charge in [0, 0.05) is 0 Å². The third-order valence-electron chi connectivity index (χ3n) is 5.71. The number of aryl methyl sites for hydroxylation is 2. The second-order valence-electron chi connectivity index (χ2n) is 8.71. The molecule has 0 aliphatic rings. The fraction of sp³-hybridized carbons (Fsp3) is 0.0667. The maximum atomic E-state index is 5.32. The normalized spacial score (nSPS) is 11.1. The van der Waals surface area contributed by atoms with Gasteiger partial charge in [-0.05, 0) is 72.5 Å². The molecule has 2 N–H and O–H groups in total. The van der Waals surface area contributed by atoms with E-state index in [-0.39, 0.29) is 44.3 Å². The first kappa shape index (κ1) is 34.0. The van der Waals surface area contributed by atoms with Crippen LogP contribution in [0.4, 0.5) is 11.4 Å². The summed E-state index contributed by atoms with van der Waals surface area (Å²) in [4.78, 5) is 24.0. The number of aromatic nitrogens is 4.